The number of ether oxygens (including phenoxy) is 2. The highest BCUT2D eigenvalue weighted by Crippen LogP contribution is 2.26. The predicted octanol–water partition coefficient (Wildman–Crippen LogP) is 3.49. The molecule has 2 N–H and O–H groups in total. The first-order valence-corrected chi connectivity index (χ1v) is 9.51. The molecule has 0 aromatic heterocycles. The summed E-state index contributed by atoms with van der Waals surface area (Å²) < 4.78 is 11.0. The Balaban J connectivity index is 0.00000364. The van der Waals surface area contributed by atoms with Gasteiger partial charge < -0.3 is 19.9 Å². The summed E-state index contributed by atoms with van der Waals surface area (Å²) in [5, 5.41) is 22.9. The van der Waals surface area contributed by atoms with Crippen LogP contribution in [0.3, 0.4) is 0 Å². The van der Waals surface area contributed by atoms with E-state index in [-0.39, 0.29) is 36.6 Å². The summed E-state index contributed by atoms with van der Waals surface area (Å²) in [5.74, 6) is 0.820. The average molecular weight is 397 g/mol. The molecular formula is C21H33ClN2O3. The quantitative estimate of drug-likeness (QED) is 0.668. The fraction of sp³-hybridized carbons (Fsp3) is 0.667. The van der Waals surface area contributed by atoms with E-state index in [9.17, 15) is 10.4 Å². The third-order valence-electron chi connectivity index (χ3n) is 4.99. The van der Waals surface area contributed by atoms with Crippen LogP contribution in [0.15, 0.2) is 24.3 Å². The van der Waals surface area contributed by atoms with Crippen LogP contribution in [0.25, 0.3) is 0 Å². The molecule has 1 aromatic rings. The van der Waals surface area contributed by atoms with Crippen molar-refractivity contribution in [3.8, 4) is 11.8 Å². The molecule has 0 amide bonds. The Kier molecular flexibility index (Phi) is 10.1. The fourth-order valence-electron chi connectivity index (χ4n) is 3.45. The first kappa shape index (κ1) is 23.7. The molecule has 0 aliphatic heterocycles. The van der Waals surface area contributed by atoms with Crippen LogP contribution < -0.4 is 10.1 Å². The third kappa shape index (κ3) is 8.06. The summed E-state index contributed by atoms with van der Waals surface area (Å²) in [6.07, 6.45) is 4.27. The minimum atomic E-state index is -0.577. The molecule has 2 rings (SSSR count). The Hall–Kier alpha value is -1.32. The van der Waals surface area contributed by atoms with E-state index in [2.05, 4.69) is 37.4 Å². The van der Waals surface area contributed by atoms with Crippen LogP contribution in [0.5, 0.6) is 5.75 Å². The van der Waals surface area contributed by atoms with E-state index < -0.39 is 6.10 Å². The van der Waals surface area contributed by atoms with Crippen molar-refractivity contribution in [3.63, 3.8) is 0 Å². The number of benzene rings is 1. The van der Waals surface area contributed by atoms with E-state index >= 15 is 0 Å². The van der Waals surface area contributed by atoms with Crippen LogP contribution >= 0.6 is 12.4 Å². The van der Waals surface area contributed by atoms with Crippen molar-refractivity contribution in [2.45, 2.75) is 63.7 Å². The van der Waals surface area contributed by atoms with E-state index in [1.807, 2.05) is 12.1 Å². The van der Waals surface area contributed by atoms with Crippen molar-refractivity contribution in [3.05, 3.63) is 29.8 Å². The predicted molar refractivity (Wildman–Crippen MR) is 109 cm³/mol. The second-order valence-corrected chi connectivity index (χ2v) is 7.84. The lowest BCUT2D eigenvalue weighted by molar-refractivity contribution is -0.0390. The van der Waals surface area contributed by atoms with Gasteiger partial charge in [-0.05, 0) is 50.8 Å². The highest BCUT2D eigenvalue weighted by atomic mass is 35.5. The van der Waals surface area contributed by atoms with Gasteiger partial charge in [0, 0.05) is 12.1 Å². The van der Waals surface area contributed by atoms with Crippen LogP contribution in [-0.2, 0) is 11.2 Å². The molecule has 0 saturated heterocycles. The molecular weight excluding hydrogens is 364 g/mol. The number of nitriles is 1. The van der Waals surface area contributed by atoms with Gasteiger partial charge >= 0.3 is 0 Å². The first-order chi connectivity index (χ1) is 12.4. The number of aliphatic hydroxyl groups excluding tert-OH is 1. The summed E-state index contributed by atoms with van der Waals surface area (Å²) >= 11 is 0. The summed E-state index contributed by atoms with van der Waals surface area (Å²) in [6.45, 7) is 4.98. The van der Waals surface area contributed by atoms with Crippen molar-refractivity contribution in [2.75, 3.05) is 20.3 Å². The Morgan fingerprint density at radius 1 is 1.26 bits per heavy atom. The van der Waals surface area contributed by atoms with Gasteiger partial charge in [-0.15, -0.1) is 12.4 Å². The number of hydrogen-bond acceptors (Lipinski definition) is 5. The average Bonchev–Trinajstić information content (AvgIpc) is 2.65. The first-order valence-electron chi connectivity index (χ1n) is 9.51. The Morgan fingerprint density at radius 3 is 2.56 bits per heavy atom. The minimum Gasteiger partial charge on any atom is -0.497 e. The number of aliphatic hydroxyl groups is 1. The summed E-state index contributed by atoms with van der Waals surface area (Å²) in [7, 11) is 1.66. The molecule has 152 valence electrons. The molecule has 0 radical (unpaired) electrons. The summed E-state index contributed by atoms with van der Waals surface area (Å²) in [4.78, 5) is 0. The Bertz CT molecular complexity index is 586. The summed E-state index contributed by atoms with van der Waals surface area (Å²) in [6, 6.07) is 10.4. The molecule has 0 heterocycles. The Labute approximate surface area is 169 Å². The molecule has 27 heavy (non-hydrogen) atoms. The monoisotopic (exact) mass is 396 g/mol. The Morgan fingerprint density at radius 2 is 1.93 bits per heavy atom. The van der Waals surface area contributed by atoms with E-state index in [1.54, 1.807) is 7.11 Å². The van der Waals surface area contributed by atoms with Gasteiger partial charge in [0.15, 0.2) is 0 Å². The zero-order valence-electron chi connectivity index (χ0n) is 16.6. The molecule has 0 bridgehead atoms. The lowest BCUT2D eigenvalue weighted by atomic mass is 9.87. The van der Waals surface area contributed by atoms with Crippen LogP contribution in [0.4, 0.5) is 0 Å². The third-order valence-corrected chi connectivity index (χ3v) is 4.99. The van der Waals surface area contributed by atoms with Crippen LogP contribution in [-0.4, -0.2) is 43.1 Å². The van der Waals surface area contributed by atoms with Gasteiger partial charge in [0.25, 0.3) is 0 Å². The normalized spacial score (nSPS) is 21.0. The number of nitrogens with one attached hydrogen (secondary N) is 1. The second kappa shape index (κ2) is 11.5. The highest BCUT2D eigenvalue weighted by Gasteiger charge is 2.26. The van der Waals surface area contributed by atoms with Gasteiger partial charge in [-0.3, -0.25) is 0 Å². The van der Waals surface area contributed by atoms with Crippen LogP contribution in [0, 0.1) is 17.2 Å². The fourth-order valence-corrected chi connectivity index (χ4v) is 3.45. The molecule has 1 fully saturated rings. The zero-order chi connectivity index (χ0) is 19.0. The summed E-state index contributed by atoms with van der Waals surface area (Å²) in [5.41, 5.74) is 1.07. The molecule has 3 unspecified atom stereocenters. The molecule has 1 saturated carbocycles. The SMILES string of the molecule is COc1ccc(CC(C)(C)NCC(O)COC2CCCCC2C#N)cc1.Cl. The topological polar surface area (TPSA) is 74.5 Å². The number of hydrogen-bond donors (Lipinski definition) is 2. The maximum atomic E-state index is 10.2. The lowest BCUT2D eigenvalue weighted by Crippen LogP contribution is -2.46. The van der Waals surface area contributed by atoms with Crippen molar-refractivity contribution < 1.29 is 14.6 Å². The van der Waals surface area contributed by atoms with Crippen molar-refractivity contribution >= 4 is 12.4 Å². The molecule has 1 aliphatic rings. The van der Waals surface area contributed by atoms with E-state index in [0.717, 1.165) is 37.9 Å². The van der Waals surface area contributed by atoms with E-state index in [1.165, 1.54) is 5.56 Å². The highest BCUT2D eigenvalue weighted by molar-refractivity contribution is 5.85. The molecule has 3 atom stereocenters. The molecule has 0 spiro atoms. The van der Waals surface area contributed by atoms with Crippen LogP contribution in [0.1, 0.15) is 45.1 Å². The number of nitrogens with zero attached hydrogens (tertiary/aromatic N) is 1. The van der Waals surface area contributed by atoms with Gasteiger partial charge in [-0.2, -0.15) is 5.26 Å². The smallest absolute Gasteiger partial charge is 0.118 e. The van der Waals surface area contributed by atoms with Crippen molar-refractivity contribution in [1.82, 2.24) is 5.32 Å². The van der Waals surface area contributed by atoms with Gasteiger partial charge in [-0.1, -0.05) is 25.0 Å². The number of halogens is 1. The van der Waals surface area contributed by atoms with E-state index in [0.29, 0.717) is 6.54 Å². The zero-order valence-corrected chi connectivity index (χ0v) is 17.4. The molecule has 5 nitrogen and oxygen atoms in total. The van der Waals surface area contributed by atoms with Gasteiger partial charge in [0.05, 0.1) is 37.9 Å². The largest absolute Gasteiger partial charge is 0.497 e. The maximum absolute atomic E-state index is 10.2. The molecule has 6 heteroatoms. The van der Waals surface area contributed by atoms with Crippen molar-refractivity contribution in [1.29, 1.82) is 5.26 Å². The van der Waals surface area contributed by atoms with Crippen molar-refractivity contribution in [2.24, 2.45) is 5.92 Å². The number of methoxy groups -OCH3 is 1. The van der Waals surface area contributed by atoms with Gasteiger partial charge in [0.1, 0.15) is 5.75 Å². The van der Waals surface area contributed by atoms with Gasteiger partial charge in [0.2, 0.25) is 0 Å². The second-order valence-electron chi connectivity index (χ2n) is 7.84. The van der Waals surface area contributed by atoms with E-state index in [4.69, 9.17) is 9.47 Å². The minimum absolute atomic E-state index is 0. The van der Waals surface area contributed by atoms with Crippen LogP contribution in [0.2, 0.25) is 0 Å². The maximum Gasteiger partial charge on any atom is 0.118 e. The molecule has 1 aromatic carbocycles. The standard InChI is InChI=1S/C21H32N2O3.ClH/c1-21(2,12-16-8-10-19(25-3)11-9-16)23-14-18(24)15-26-20-7-5-4-6-17(20)13-22;/h8-11,17-18,20,23-24H,4-7,12,14-15H2,1-3H3;1H. The lowest BCUT2D eigenvalue weighted by Gasteiger charge is -2.30. The molecule has 1 aliphatic carbocycles. The number of rotatable bonds is 9. The number of β-amino-alcohol motifs (C(OH)–C–C–N with tert-alkyl or cyclic N) is 1. The van der Waals surface area contributed by atoms with Gasteiger partial charge in [-0.25, -0.2) is 0 Å².